The van der Waals surface area contributed by atoms with Crippen molar-refractivity contribution in [1.82, 2.24) is 15.5 Å². The predicted molar refractivity (Wildman–Crippen MR) is 156 cm³/mol. The third kappa shape index (κ3) is 7.93. The van der Waals surface area contributed by atoms with Gasteiger partial charge >= 0.3 is 6.09 Å². The number of alkyl carbamates (subject to hydrolysis) is 1. The topological polar surface area (TPSA) is 126 Å². The van der Waals surface area contributed by atoms with Crippen molar-refractivity contribution in [2.75, 3.05) is 27.3 Å². The molecule has 10 heteroatoms. The van der Waals surface area contributed by atoms with E-state index in [0.29, 0.717) is 32.4 Å². The Morgan fingerprint density at radius 1 is 0.929 bits per heavy atom. The molecule has 222 valence electrons. The monoisotopic (exact) mass is 575 g/mol. The maximum atomic E-state index is 13.8. The fourth-order valence-corrected chi connectivity index (χ4v) is 5.00. The number of hydrogen-bond donors (Lipinski definition) is 3. The van der Waals surface area contributed by atoms with E-state index in [1.807, 2.05) is 60.7 Å². The summed E-state index contributed by atoms with van der Waals surface area (Å²) in [4.78, 5) is 41.2. The summed E-state index contributed by atoms with van der Waals surface area (Å²) in [5, 5.41) is 15.8. The Balaban J connectivity index is 1.39. The van der Waals surface area contributed by atoms with E-state index in [2.05, 4.69) is 10.6 Å². The molecule has 10 nitrogen and oxygen atoms in total. The minimum absolute atomic E-state index is 0.0758. The number of ether oxygens (including phenoxy) is 3. The van der Waals surface area contributed by atoms with E-state index in [1.54, 1.807) is 17.0 Å². The lowest BCUT2D eigenvalue weighted by molar-refractivity contribution is -0.139. The van der Waals surface area contributed by atoms with Gasteiger partial charge in [-0.25, -0.2) is 4.79 Å². The quantitative estimate of drug-likeness (QED) is 0.301. The van der Waals surface area contributed by atoms with Crippen molar-refractivity contribution in [3.8, 4) is 17.2 Å². The van der Waals surface area contributed by atoms with Crippen LogP contribution in [0.25, 0.3) is 0 Å². The highest BCUT2D eigenvalue weighted by Crippen LogP contribution is 2.37. The maximum absolute atomic E-state index is 13.8. The summed E-state index contributed by atoms with van der Waals surface area (Å²) < 4.78 is 15.8. The molecule has 1 fully saturated rings. The molecule has 0 aromatic heterocycles. The number of nitrogens with one attached hydrogen (secondary N) is 2. The van der Waals surface area contributed by atoms with Gasteiger partial charge in [-0.2, -0.15) is 0 Å². The molecular weight excluding hydrogens is 538 g/mol. The largest absolute Gasteiger partial charge is 0.502 e. The van der Waals surface area contributed by atoms with Gasteiger partial charge in [0.1, 0.15) is 18.7 Å². The van der Waals surface area contributed by atoms with Crippen molar-refractivity contribution < 1.29 is 33.7 Å². The average Bonchev–Trinajstić information content (AvgIpc) is 3.51. The normalized spacial score (nSPS) is 15.0. The lowest BCUT2D eigenvalue weighted by Gasteiger charge is -2.28. The third-order valence-electron chi connectivity index (χ3n) is 7.18. The Bertz CT molecular complexity index is 1330. The zero-order chi connectivity index (χ0) is 29.9. The number of likely N-dealkylation sites (tertiary alicyclic amines) is 1. The number of benzene rings is 3. The minimum atomic E-state index is -0.902. The van der Waals surface area contributed by atoms with E-state index < -0.39 is 18.2 Å². The number of carbonyl (C=O) groups excluding carboxylic acids is 3. The number of carbonyl (C=O) groups is 3. The van der Waals surface area contributed by atoms with Crippen LogP contribution in [0.3, 0.4) is 0 Å². The highest BCUT2D eigenvalue weighted by Gasteiger charge is 2.37. The van der Waals surface area contributed by atoms with Crippen LogP contribution in [0.4, 0.5) is 4.79 Å². The summed E-state index contributed by atoms with van der Waals surface area (Å²) in [7, 11) is 2.91. The third-order valence-corrected chi connectivity index (χ3v) is 7.18. The fourth-order valence-electron chi connectivity index (χ4n) is 5.00. The van der Waals surface area contributed by atoms with Crippen LogP contribution in [0.15, 0.2) is 72.8 Å². The summed E-state index contributed by atoms with van der Waals surface area (Å²) in [6.45, 7) is 0.799. The van der Waals surface area contributed by atoms with Crippen LogP contribution in [-0.4, -0.2) is 67.3 Å². The van der Waals surface area contributed by atoms with E-state index in [9.17, 15) is 19.5 Å². The molecule has 3 amide bonds. The van der Waals surface area contributed by atoms with Gasteiger partial charge in [0.05, 0.1) is 14.2 Å². The first-order valence-electron chi connectivity index (χ1n) is 13.9. The molecule has 3 aromatic rings. The molecule has 1 saturated heterocycles. The van der Waals surface area contributed by atoms with Gasteiger partial charge in [-0.15, -0.1) is 0 Å². The van der Waals surface area contributed by atoms with Gasteiger partial charge in [0, 0.05) is 19.5 Å². The standard InChI is InChI=1S/C32H37N3O7/c1-40-27-19-24(20-28(41-2)29(27)36)15-16-33-30(37)26-14-9-17-35(26)31(38)25(18-22-10-5-3-6-11-22)34-32(39)42-21-23-12-7-4-8-13-23/h3-8,10-13,19-20,25-26,36H,9,14-18,21H2,1-2H3,(H,33,37)(H,34,39)/t25-,26+/m1/s1. The number of amides is 3. The second-order valence-electron chi connectivity index (χ2n) is 10.0. The molecule has 3 N–H and O–H groups in total. The van der Waals surface area contributed by atoms with Crippen molar-refractivity contribution in [3.63, 3.8) is 0 Å². The van der Waals surface area contributed by atoms with Crippen LogP contribution in [0.5, 0.6) is 17.2 Å². The molecule has 1 aliphatic rings. The van der Waals surface area contributed by atoms with Gasteiger partial charge in [-0.3, -0.25) is 9.59 Å². The Morgan fingerprint density at radius 3 is 2.17 bits per heavy atom. The lowest BCUT2D eigenvalue weighted by Crippen LogP contribution is -2.54. The van der Waals surface area contributed by atoms with Crippen LogP contribution in [0, 0.1) is 0 Å². The summed E-state index contributed by atoms with van der Waals surface area (Å²) in [5.74, 6) is -0.120. The molecular formula is C32H37N3O7. The molecule has 1 aliphatic heterocycles. The highest BCUT2D eigenvalue weighted by atomic mass is 16.5. The van der Waals surface area contributed by atoms with E-state index in [1.165, 1.54) is 14.2 Å². The Kier molecular flexibility index (Phi) is 10.6. The minimum Gasteiger partial charge on any atom is -0.502 e. The Hall–Kier alpha value is -4.73. The van der Waals surface area contributed by atoms with Gasteiger partial charge < -0.3 is 34.9 Å². The molecule has 0 spiro atoms. The molecule has 0 aliphatic carbocycles. The number of aromatic hydroxyl groups is 1. The number of rotatable bonds is 12. The first-order chi connectivity index (χ1) is 20.4. The van der Waals surface area contributed by atoms with Gasteiger partial charge in [0.15, 0.2) is 11.5 Å². The van der Waals surface area contributed by atoms with Gasteiger partial charge in [-0.05, 0) is 48.1 Å². The van der Waals surface area contributed by atoms with E-state index in [-0.39, 0.29) is 42.1 Å². The molecule has 1 heterocycles. The molecule has 0 radical (unpaired) electrons. The molecule has 0 bridgehead atoms. The van der Waals surface area contributed by atoms with Crippen LogP contribution < -0.4 is 20.1 Å². The van der Waals surface area contributed by atoms with E-state index in [4.69, 9.17) is 14.2 Å². The van der Waals surface area contributed by atoms with Crippen LogP contribution in [0.2, 0.25) is 0 Å². The average molecular weight is 576 g/mol. The first kappa shape index (κ1) is 30.2. The zero-order valence-corrected chi connectivity index (χ0v) is 23.9. The molecule has 4 rings (SSSR count). The predicted octanol–water partition coefficient (Wildman–Crippen LogP) is 3.60. The number of phenols is 1. The lowest BCUT2D eigenvalue weighted by atomic mass is 10.0. The highest BCUT2D eigenvalue weighted by molar-refractivity contribution is 5.92. The molecule has 3 aromatic carbocycles. The summed E-state index contributed by atoms with van der Waals surface area (Å²) in [6, 6.07) is 20.5. The smallest absolute Gasteiger partial charge is 0.408 e. The first-order valence-corrected chi connectivity index (χ1v) is 13.9. The van der Waals surface area contributed by atoms with Crippen molar-refractivity contribution >= 4 is 17.9 Å². The van der Waals surface area contributed by atoms with Gasteiger partial charge in [0.2, 0.25) is 17.6 Å². The number of hydrogen-bond acceptors (Lipinski definition) is 7. The van der Waals surface area contributed by atoms with Crippen LogP contribution >= 0.6 is 0 Å². The Labute approximate surface area is 245 Å². The van der Waals surface area contributed by atoms with Gasteiger partial charge in [0.25, 0.3) is 0 Å². The van der Waals surface area contributed by atoms with Crippen LogP contribution in [0.1, 0.15) is 29.5 Å². The molecule has 0 saturated carbocycles. The zero-order valence-electron chi connectivity index (χ0n) is 23.9. The van der Waals surface area contributed by atoms with E-state index >= 15 is 0 Å². The summed E-state index contributed by atoms with van der Waals surface area (Å²) in [6.07, 6.45) is 1.22. The van der Waals surface area contributed by atoms with Crippen molar-refractivity contribution in [1.29, 1.82) is 0 Å². The second-order valence-corrected chi connectivity index (χ2v) is 10.0. The van der Waals surface area contributed by atoms with E-state index in [0.717, 1.165) is 16.7 Å². The molecule has 2 atom stereocenters. The second kappa shape index (κ2) is 14.8. The summed E-state index contributed by atoms with van der Waals surface area (Å²) >= 11 is 0. The van der Waals surface area contributed by atoms with Gasteiger partial charge in [-0.1, -0.05) is 60.7 Å². The Morgan fingerprint density at radius 2 is 1.55 bits per heavy atom. The maximum Gasteiger partial charge on any atom is 0.408 e. The van der Waals surface area contributed by atoms with Crippen molar-refractivity contribution in [2.45, 2.75) is 44.4 Å². The number of methoxy groups -OCH3 is 2. The fraction of sp³-hybridized carbons (Fsp3) is 0.344. The van der Waals surface area contributed by atoms with Crippen molar-refractivity contribution in [3.05, 3.63) is 89.5 Å². The number of phenolic OH excluding ortho intramolecular Hbond substituents is 1. The molecule has 42 heavy (non-hydrogen) atoms. The SMILES string of the molecule is COc1cc(CCNC(=O)[C@@H]2CCCN2C(=O)[C@@H](Cc2ccccc2)NC(=O)OCc2ccccc2)cc(OC)c1O. The number of nitrogens with zero attached hydrogens (tertiary/aromatic N) is 1. The molecule has 0 unspecified atom stereocenters. The van der Waals surface area contributed by atoms with Crippen LogP contribution in [-0.2, 0) is 33.8 Å². The van der Waals surface area contributed by atoms with Crippen molar-refractivity contribution in [2.24, 2.45) is 0 Å². The summed E-state index contributed by atoms with van der Waals surface area (Å²) in [5.41, 5.74) is 2.51.